The first-order valence-corrected chi connectivity index (χ1v) is 9.50. The number of esters is 1. The molecule has 1 heterocycles. The molecule has 0 bridgehead atoms. The van der Waals surface area contributed by atoms with Crippen molar-refractivity contribution in [3.63, 3.8) is 0 Å². The first kappa shape index (κ1) is 21.0. The largest absolute Gasteiger partial charge is 0.496 e. The molecule has 156 valence electrons. The predicted molar refractivity (Wildman–Crippen MR) is 107 cm³/mol. The summed E-state index contributed by atoms with van der Waals surface area (Å²) in [5.74, 6) is -1.07. The third-order valence-electron chi connectivity index (χ3n) is 4.67. The van der Waals surface area contributed by atoms with E-state index in [4.69, 9.17) is 9.47 Å². The molecular weight excluding hydrogens is 388 g/mol. The van der Waals surface area contributed by atoms with Crippen molar-refractivity contribution in [3.05, 3.63) is 65.2 Å². The van der Waals surface area contributed by atoms with Gasteiger partial charge in [-0.05, 0) is 24.6 Å². The second-order valence-electron chi connectivity index (χ2n) is 6.66. The molecular formula is C22H22N2O6. The zero-order chi connectivity index (χ0) is 21.5. The van der Waals surface area contributed by atoms with Crippen LogP contribution in [0.1, 0.15) is 39.1 Å². The number of ether oxygens (including phenoxy) is 2. The molecule has 2 aromatic rings. The lowest BCUT2D eigenvalue weighted by Gasteiger charge is -2.13. The first-order chi connectivity index (χ1) is 14.5. The summed E-state index contributed by atoms with van der Waals surface area (Å²) >= 11 is 0. The molecule has 0 saturated heterocycles. The standard InChI is InChI=1S/C22H22N2O6/c1-29-18-10-5-2-7-15(18)13-23-19(25)14-30-20(26)11-6-12-24-21(27)16-8-3-4-9-17(16)22(24)28/h2-5,7-10H,6,11-14H2,1H3,(H,23,25). The number of rotatable bonds is 9. The molecule has 0 aliphatic carbocycles. The highest BCUT2D eigenvalue weighted by Crippen LogP contribution is 2.22. The number of amides is 3. The summed E-state index contributed by atoms with van der Waals surface area (Å²) < 4.78 is 10.2. The molecule has 0 atom stereocenters. The summed E-state index contributed by atoms with van der Waals surface area (Å²) in [7, 11) is 1.55. The number of nitrogens with one attached hydrogen (secondary N) is 1. The van der Waals surface area contributed by atoms with Gasteiger partial charge >= 0.3 is 5.97 Å². The maximum atomic E-state index is 12.3. The van der Waals surface area contributed by atoms with Crippen molar-refractivity contribution in [2.45, 2.75) is 19.4 Å². The Labute approximate surface area is 173 Å². The van der Waals surface area contributed by atoms with Gasteiger partial charge in [0.05, 0.1) is 18.2 Å². The number of imide groups is 1. The summed E-state index contributed by atoms with van der Waals surface area (Å²) in [6, 6.07) is 13.9. The molecule has 1 aliphatic rings. The number of benzene rings is 2. The fraction of sp³-hybridized carbons (Fsp3) is 0.273. The Kier molecular flexibility index (Phi) is 6.79. The maximum Gasteiger partial charge on any atom is 0.306 e. The van der Waals surface area contributed by atoms with E-state index in [0.29, 0.717) is 16.9 Å². The molecule has 2 aromatic carbocycles. The van der Waals surface area contributed by atoms with Crippen LogP contribution in [0.3, 0.4) is 0 Å². The molecule has 1 aliphatic heterocycles. The lowest BCUT2D eigenvalue weighted by atomic mass is 10.1. The van der Waals surface area contributed by atoms with Gasteiger partial charge in [0.2, 0.25) is 0 Å². The predicted octanol–water partition coefficient (Wildman–Crippen LogP) is 1.93. The quantitative estimate of drug-likeness (QED) is 0.501. The van der Waals surface area contributed by atoms with Gasteiger partial charge in [-0.2, -0.15) is 0 Å². The molecule has 0 unspecified atom stereocenters. The summed E-state index contributed by atoms with van der Waals surface area (Å²) in [4.78, 5) is 49.4. The Balaban J connectivity index is 1.37. The highest BCUT2D eigenvalue weighted by atomic mass is 16.5. The van der Waals surface area contributed by atoms with Crippen LogP contribution >= 0.6 is 0 Å². The molecule has 0 fully saturated rings. The first-order valence-electron chi connectivity index (χ1n) is 9.50. The fourth-order valence-corrected chi connectivity index (χ4v) is 3.14. The van der Waals surface area contributed by atoms with Crippen LogP contribution in [0, 0.1) is 0 Å². The number of fused-ring (bicyclic) bond motifs is 1. The van der Waals surface area contributed by atoms with Crippen molar-refractivity contribution in [1.29, 1.82) is 0 Å². The van der Waals surface area contributed by atoms with Crippen molar-refractivity contribution in [1.82, 2.24) is 10.2 Å². The second-order valence-corrected chi connectivity index (χ2v) is 6.66. The van der Waals surface area contributed by atoms with Crippen molar-refractivity contribution in [2.75, 3.05) is 20.3 Å². The number of methoxy groups -OCH3 is 1. The number of hydrogen-bond donors (Lipinski definition) is 1. The zero-order valence-corrected chi connectivity index (χ0v) is 16.6. The number of para-hydroxylation sites is 1. The van der Waals surface area contributed by atoms with Crippen LogP contribution < -0.4 is 10.1 Å². The van der Waals surface area contributed by atoms with Gasteiger partial charge in [0.25, 0.3) is 17.7 Å². The third kappa shape index (κ3) is 4.83. The van der Waals surface area contributed by atoms with Gasteiger partial charge in [0.15, 0.2) is 6.61 Å². The van der Waals surface area contributed by atoms with Gasteiger partial charge in [-0.25, -0.2) is 0 Å². The van der Waals surface area contributed by atoms with E-state index in [1.54, 1.807) is 37.4 Å². The van der Waals surface area contributed by atoms with Crippen LogP contribution in [-0.2, 0) is 20.9 Å². The lowest BCUT2D eigenvalue weighted by Crippen LogP contribution is -2.31. The maximum absolute atomic E-state index is 12.3. The van der Waals surface area contributed by atoms with Gasteiger partial charge in [-0.1, -0.05) is 30.3 Å². The van der Waals surface area contributed by atoms with E-state index < -0.39 is 18.5 Å². The topological polar surface area (TPSA) is 102 Å². The van der Waals surface area contributed by atoms with E-state index >= 15 is 0 Å². The Hall–Kier alpha value is -3.68. The third-order valence-corrected chi connectivity index (χ3v) is 4.67. The van der Waals surface area contributed by atoms with E-state index in [-0.39, 0.29) is 37.7 Å². The summed E-state index contributed by atoms with van der Waals surface area (Å²) in [6.07, 6.45) is 0.250. The van der Waals surface area contributed by atoms with Crippen LogP contribution in [0.15, 0.2) is 48.5 Å². The zero-order valence-electron chi connectivity index (χ0n) is 16.6. The minimum Gasteiger partial charge on any atom is -0.496 e. The highest BCUT2D eigenvalue weighted by Gasteiger charge is 2.34. The Morgan fingerprint density at radius 3 is 2.27 bits per heavy atom. The lowest BCUT2D eigenvalue weighted by molar-refractivity contribution is -0.148. The SMILES string of the molecule is COc1ccccc1CNC(=O)COC(=O)CCCN1C(=O)c2ccccc2C1=O. The molecule has 3 rings (SSSR count). The number of carbonyl (C=O) groups is 4. The minimum atomic E-state index is -0.570. The molecule has 8 heteroatoms. The van der Waals surface area contributed by atoms with Crippen molar-refractivity contribution < 1.29 is 28.7 Å². The van der Waals surface area contributed by atoms with Crippen LogP contribution in [0.4, 0.5) is 0 Å². The molecule has 0 aromatic heterocycles. The van der Waals surface area contributed by atoms with E-state index in [0.717, 1.165) is 10.5 Å². The van der Waals surface area contributed by atoms with Gasteiger partial charge in [0, 0.05) is 25.1 Å². The minimum absolute atomic E-state index is 0.00675. The van der Waals surface area contributed by atoms with Crippen LogP contribution in [0.25, 0.3) is 0 Å². The summed E-state index contributed by atoms with van der Waals surface area (Å²) in [5.41, 5.74) is 1.55. The van der Waals surface area contributed by atoms with E-state index in [1.165, 1.54) is 0 Å². The van der Waals surface area contributed by atoms with Crippen LogP contribution in [0.5, 0.6) is 5.75 Å². The van der Waals surface area contributed by atoms with E-state index in [1.807, 2.05) is 18.2 Å². The van der Waals surface area contributed by atoms with E-state index in [9.17, 15) is 19.2 Å². The highest BCUT2D eigenvalue weighted by molar-refractivity contribution is 6.21. The molecule has 8 nitrogen and oxygen atoms in total. The van der Waals surface area contributed by atoms with Gasteiger partial charge in [0.1, 0.15) is 5.75 Å². The normalized spacial score (nSPS) is 12.5. The Morgan fingerprint density at radius 2 is 1.60 bits per heavy atom. The van der Waals surface area contributed by atoms with Gasteiger partial charge < -0.3 is 14.8 Å². The Morgan fingerprint density at radius 1 is 0.967 bits per heavy atom. The van der Waals surface area contributed by atoms with Crippen molar-refractivity contribution in [2.24, 2.45) is 0 Å². The summed E-state index contributed by atoms with van der Waals surface area (Å²) in [5, 5.41) is 2.66. The second kappa shape index (κ2) is 9.69. The van der Waals surface area contributed by atoms with Gasteiger partial charge in [-0.15, -0.1) is 0 Å². The monoisotopic (exact) mass is 410 g/mol. The average molecular weight is 410 g/mol. The molecule has 0 radical (unpaired) electrons. The number of hydrogen-bond acceptors (Lipinski definition) is 6. The van der Waals surface area contributed by atoms with Crippen molar-refractivity contribution >= 4 is 23.7 Å². The average Bonchev–Trinajstić information content (AvgIpc) is 3.01. The molecule has 30 heavy (non-hydrogen) atoms. The molecule has 0 spiro atoms. The fourth-order valence-electron chi connectivity index (χ4n) is 3.14. The van der Waals surface area contributed by atoms with Crippen molar-refractivity contribution in [3.8, 4) is 5.75 Å². The van der Waals surface area contributed by atoms with Gasteiger partial charge in [-0.3, -0.25) is 24.1 Å². The van der Waals surface area contributed by atoms with Crippen LogP contribution in [-0.4, -0.2) is 48.9 Å². The molecule has 1 N–H and O–H groups in total. The summed E-state index contributed by atoms with van der Waals surface area (Å²) in [6.45, 7) is -0.0391. The van der Waals surface area contributed by atoms with E-state index in [2.05, 4.69) is 5.32 Å². The Bertz CT molecular complexity index is 937. The molecule has 3 amide bonds. The number of carbonyl (C=O) groups excluding carboxylic acids is 4. The number of nitrogens with zero attached hydrogens (tertiary/aromatic N) is 1. The molecule has 0 saturated carbocycles. The van der Waals surface area contributed by atoms with Crippen LogP contribution in [0.2, 0.25) is 0 Å². The smallest absolute Gasteiger partial charge is 0.306 e.